The molecule has 0 aromatic carbocycles. The van der Waals surface area contributed by atoms with Crippen LogP contribution >= 0.6 is 0 Å². The van der Waals surface area contributed by atoms with E-state index in [4.69, 9.17) is 0 Å². The number of amides is 2. The van der Waals surface area contributed by atoms with Gasteiger partial charge in [0.25, 0.3) is 0 Å². The maximum absolute atomic E-state index is 12.2. The molecule has 5 nitrogen and oxygen atoms in total. The van der Waals surface area contributed by atoms with Crippen LogP contribution in [-0.4, -0.2) is 48.6 Å². The van der Waals surface area contributed by atoms with Crippen LogP contribution in [0, 0.1) is 19.8 Å². The second kappa shape index (κ2) is 7.47. The first-order valence-electron chi connectivity index (χ1n) is 8.22. The Bertz CT molecular complexity index is 489. The van der Waals surface area contributed by atoms with Crippen molar-refractivity contribution in [3.8, 4) is 0 Å². The van der Waals surface area contributed by atoms with Crippen LogP contribution in [0.3, 0.4) is 0 Å². The Morgan fingerprint density at radius 3 is 2.36 bits per heavy atom. The number of hydrogen-bond donors (Lipinski definition) is 1. The Morgan fingerprint density at radius 1 is 1.23 bits per heavy atom. The first-order chi connectivity index (χ1) is 10.5. The first-order valence-corrected chi connectivity index (χ1v) is 8.22. The fraction of sp³-hybridized carbons (Fsp3) is 0.647. The molecule has 5 heteroatoms. The van der Waals surface area contributed by atoms with Gasteiger partial charge in [-0.2, -0.15) is 0 Å². The highest BCUT2D eigenvalue weighted by molar-refractivity contribution is 5.74. The van der Waals surface area contributed by atoms with Crippen molar-refractivity contribution in [3.05, 3.63) is 23.5 Å². The van der Waals surface area contributed by atoms with Gasteiger partial charge in [0.05, 0.1) is 0 Å². The molecule has 2 amide bonds. The van der Waals surface area contributed by atoms with E-state index < -0.39 is 0 Å². The number of aromatic nitrogens is 1. The molecule has 122 valence electrons. The quantitative estimate of drug-likeness (QED) is 0.930. The standard InChI is InChI=1S/C17H28N4O/c1-5-13(2)12-18-17(22)21-8-6-20(7-9-21)16-10-14(3)19-15(4)11-16/h10-11,13H,5-9,12H2,1-4H3,(H,18,22). The minimum absolute atomic E-state index is 0.0713. The van der Waals surface area contributed by atoms with Crippen LogP contribution in [0.25, 0.3) is 0 Å². The molecule has 1 aliphatic heterocycles. The lowest BCUT2D eigenvalue weighted by atomic mass is 10.1. The zero-order valence-corrected chi connectivity index (χ0v) is 14.2. The predicted octanol–water partition coefficient (Wildman–Crippen LogP) is 2.58. The summed E-state index contributed by atoms with van der Waals surface area (Å²) in [5.74, 6) is 0.535. The number of urea groups is 1. The van der Waals surface area contributed by atoms with Gasteiger partial charge in [0, 0.05) is 49.8 Å². The van der Waals surface area contributed by atoms with Gasteiger partial charge in [0.15, 0.2) is 0 Å². The zero-order chi connectivity index (χ0) is 16.1. The molecule has 1 aliphatic rings. The van der Waals surface area contributed by atoms with Crippen LogP contribution in [0.5, 0.6) is 0 Å². The average molecular weight is 304 g/mol. The summed E-state index contributed by atoms with van der Waals surface area (Å²) in [7, 11) is 0. The predicted molar refractivity (Wildman–Crippen MR) is 90.4 cm³/mol. The van der Waals surface area contributed by atoms with E-state index in [1.165, 1.54) is 5.69 Å². The number of rotatable bonds is 4. The molecule has 2 rings (SSSR count). The topological polar surface area (TPSA) is 48.5 Å². The summed E-state index contributed by atoms with van der Waals surface area (Å²) in [6.07, 6.45) is 1.09. The third kappa shape index (κ3) is 4.36. The molecule has 1 atom stereocenters. The summed E-state index contributed by atoms with van der Waals surface area (Å²) in [6.45, 7) is 12.4. The lowest BCUT2D eigenvalue weighted by Gasteiger charge is -2.36. The maximum Gasteiger partial charge on any atom is 0.317 e. The second-order valence-corrected chi connectivity index (χ2v) is 6.28. The van der Waals surface area contributed by atoms with Gasteiger partial charge in [-0.3, -0.25) is 4.98 Å². The molecule has 1 N–H and O–H groups in total. The van der Waals surface area contributed by atoms with Crippen molar-refractivity contribution in [3.63, 3.8) is 0 Å². The summed E-state index contributed by atoms with van der Waals surface area (Å²) >= 11 is 0. The molecule has 0 saturated carbocycles. The number of piperazine rings is 1. The molecular weight excluding hydrogens is 276 g/mol. The summed E-state index contributed by atoms with van der Waals surface area (Å²) in [5, 5.41) is 3.03. The molecular formula is C17H28N4O. The smallest absolute Gasteiger partial charge is 0.317 e. The Kier molecular flexibility index (Phi) is 5.63. The maximum atomic E-state index is 12.2. The summed E-state index contributed by atoms with van der Waals surface area (Å²) in [6, 6.07) is 4.30. The molecule has 0 spiro atoms. The van der Waals surface area contributed by atoms with E-state index in [0.717, 1.165) is 50.5 Å². The van der Waals surface area contributed by atoms with E-state index >= 15 is 0 Å². The van der Waals surface area contributed by atoms with E-state index in [1.807, 2.05) is 18.7 Å². The third-order valence-electron chi connectivity index (χ3n) is 4.30. The largest absolute Gasteiger partial charge is 0.368 e. The number of anilines is 1. The monoisotopic (exact) mass is 304 g/mol. The van der Waals surface area contributed by atoms with Gasteiger partial charge in [0.2, 0.25) is 0 Å². The minimum atomic E-state index is 0.0713. The molecule has 2 heterocycles. The molecule has 1 saturated heterocycles. The molecule has 0 bridgehead atoms. The highest BCUT2D eigenvalue weighted by Crippen LogP contribution is 2.18. The van der Waals surface area contributed by atoms with E-state index in [9.17, 15) is 4.79 Å². The van der Waals surface area contributed by atoms with Gasteiger partial charge < -0.3 is 15.1 Å². The fourth-order valence-electron chi connectivity index (χ4n) is 2.68. The summed E-state index contributed by atoms with van der Waals surface area (Å²) in [5.41, 5.74) is 3.30. The van der Waals surface area contributed by atoms with E-state index in [0.29, 0.717) is 5.92 Å². The van der Waals surface area contributed by atoms with Gasteiger partial charge in [-0.25, -0.2) is 4.79 Å². The first kappa shape index (κ1) is 16.6. The molecule has 1 unspecified atom stereocenters. The number of nitrogens with one attached hydrogen (secondary N) is 1. The van der Waals surface area contributed by atoms with Crippen LogP contribution < -0.4 is 10.2 Å². The van der Waals surface area contributed by atoms with Gasteiger partial charge >= 0.3 is 6.03 Å². The fourth-order valence-corrected chi connectivity index (χ4v) is 2.68. The highest BCUT2D eigenvalue weighted by atomic mass is 16.2. The number of aryl methyl sites for hydroxylation is 2. The van der Waals surface area contributed by atoms with Crippen LogP contribution in [0.15, 0.2) is 12.1 Å². The molecule has 22 heavy (non-hydrogen) atoms. The number of nitrogens with zero attached hydrogens (tertiary/aromatic N) is 3. The Balaban J connectivity index is 1.86. The number of carbonyl (C=O) groups excluding carboxylic acids is 1. The van der Waals surface area contributed by atoms with Crippen molar-refractivity contribution < 1.29 is 4.79 Å². The Labute approximate surface area is 133 Å². The van der Waals surface area contributed by atoms with Gasteiger partial charge in [-0.15, -0.1) is 0 Å². The van der Waals surface area contributed by atoms with Crippen molar-refractivity contribution in [2.24, 2.45) is 5.92 Å². The van der Waals surface area contributed by atoms with Gasteiger partial charge in [-0.05, 0) is 31.9 Å². The Hall–Kier alpha value is -1.78. The number of hydrogen-bond acceptors (Lipinski definition) is 3. The third-order valence-corrected chi connectivity index (χ3v) is 4.30. The lowest BCUT2D eigenvalue weighted by Crippen LogP contribution is -2.52. The molecule has 1 fully saturated rings. The van der Waals surface area contributed by atoms with E-state index in [2.05, 4.69) is 41.2 Å². The second-order valence-electron chi connectivity index (χ2n) is 6.28. The Morgan fingerprint density at radius 2 is 1.82 bits per heavy atom. The normalized spacial score (nSPS) is 16.5. The number of pyridine rings is 1. The number of carbonyl (C=O) groups is 1. The lowest BCUT2D eigenvalue weighted by molar-refractivity contribution is 0.192. The van der Waals surface area contributed by atoms with Gasteiger partial charge in [-0.1, -0.05) is 20.3 Å². The van der Waals surface area contributed by atoms with Gasteiger partial charge in [0.1, 0.15) is 0 Å². The summed E-state index contributed by atoms with van der Waals surface area (Å²) < 4.78 is 0. The van der Waals surface area contributed by atoms with Crippen molar-refractivity contribution in [2.45, 2.75) is 34.1 Å². The SMILES string of the molecule is CCC(C)CNC(=O)N1CCN(c2cc(C)nc(C)c2)CC1. The van der Waals surface area contributed by atoms with E-state index in [1.54, 1.807) is 0 Å². The molecule has 0 aliphatic carbocycles. The van der Waals surface area contributed by atoms with Crippen molar-refractivity contribution >= 4 is 11.7 Å². The van der Waals surface area contributed by atoms with Crippen molar-refractivity contribution in [2.75, 3.05) is 37.6 Å². The average Bonchev–Trinajstić information content (AvgIpc) is 2.51. The van der Waals surface area contributed by atoms with E-state index in [-0.39, 0.29) is 6.03 Å². The zero-order valence-electron chi connectivity index (χ0n) is 14.2. The summed E-state index contributed by atoms with van der Waals surface area (Å²) in [4.78, 5) is 20.8. The van der Waals surface area contributed by atoms with Crippen LogP contribution in [0.1, 0.15) is 31.7 Å². The minimum Gasteiger partial charge on any atom is -0.368 e. The van der Waals surface area contributed by atoms with Crippen molar-refractivity contribution in [1.82, 2.24) is 15.2 Å². The van der Waals surface area contributed by atoms with Crippen molar-refractivity contribution in [1.29, 1.82) is 0 Å². The van der Waals surface area contributed by atoms with Crippen LogP contribution in [-0.2, 0) is 0 Å². The van der Waals surface area contributed by atoms with Crippen LogP contribution in [0.2, 0.25) is 0 Å². The highest BCUT2D eigenvalue weighted by Gasteiger charge is 2.21. The molecule has 1 aromatic rings. The molecule has 1 aromatic heterocycles. The molecule has 0 radical (unpaired) electrons. The van der Waals surface area contributed by atoms with Crippen LogP contribution in [0.4, 0.5) is 10.5 Å².